The molecular weight excluding hydrogens is 210 g/mol. The van der Waals surface area contributed by atoms with Crippen molar-refractivity contribution < 1.29 is 8.78 Å². The average Bonchev–Trinajstić information content (AvgIpc) is 2.13. The van der Waals surface area contributed by atoms with Crippen LogP contribution in [0.3, 0.4) is 0 Å². The van der Waals surface area contributed by atoms with Crippen molar-refractivity contribution in [3.05, 3.63) is 0 Å². The number of rotatable bonds is 0. The fraction of sp³-hybridized carbons (Fsp3) is 1.00. The molecule has 4 heteroatoms. The van der Waals surface area contributed by atoms with Gasteiger partial charge in [0.25, 0.3) is 5.92 Å². The average molecular weight is 232 g/mol. The number of fused-ring (bicyclic) bond motifs is 1. The molecular formula is C12H22F2N2. The van der Waals surface area contributed by atoms with Gasteiger partial charge in [0.1, 0.15) is 0 Å². The fourth-order valence-electron chi connectivity index (χ4n) is 2.74. The molecule has 2 rings (SSSR count). The van der Waals surface area contributed by atoms with E-state index in [4.69, 9.17) is 0 Å². The maximum absolute atomic E-state index is 13.4. The first-order chi connectivity index (χ1) is 7.28. The molecule has 2 aliphatic rings. The third kappa shape index (κ3) is 2.54. The second kappa shape index (κ2) is 3.91. The van der Waals surface area contributed by atoms with E-state index in [9.17, 15) is 8.78 Å². The summed E-state index contributed by atoms with van der Waals surface area (Å²) in [5.74, 6) is -2.44. The van der Waals surface area contributed by atoms with E-state index < -0.39 is 5.92 Å². The first-order valence-electron chi connectivity index (χ1n) is 6.15. The Kier molecular flexibility index (Phi) is 2.99. The molecule has 0 aromatic carbocycles. The molecule has 0 saturated carbocycles. The topological polar surface area (TPSA) is 6.48 Å². The lowest BCUT2D eigenvalue weighted by Crippen LogP contribution is -2.61. The molecule has 0 amide bonds. The lowest BCUT2D eigenvalue weighted by molar-refractivity contribution is -0.103. The van der Waals surface area contributed by atoms with Crippen LogP contribution in [0, 0.1) is 0 Å². The maximum Gasteiger partial charge on any atom is 0.250 e. The molecule has 2 fully saturated rings. The number of piperazine rings is 1. The molecule has 1 atom stereocenters. The Bertz CT molecular complexity index is 257. The van der Waals surface area contributed by atoms with Crippen LogP contribution in [0.25, 0.3) is 0 Å². The van der Waals surface area contributed by atoms with Crippen molar-refractivity contribution in [2.24, 2.45) is 0 Å². The van der Waals surface area contributed by atoms with Crippen LogP contribution >= 0.6 is 0 Å². The number of alkyl halides is 2. The minimum Gasteiger partial charge on any atom is -0.297 e. The van der Waals surface area contributed by atoms with E-state index in [0.29, 0.717) is 6.54 Å². The van der Waals surface area contributed by atoms with Crippen molar-refractivity contribution in [1.82, 2.24) is 9.80 Å². The molecule has 0 aliphatic carbocycles. The summed E-state index contributed by atoms with van der Waals surface area (Å²) in [6.07, 6.45) is 0.0819. The summed E-state index contributed by atoms with van der Waals surface area (Å²) in [5, 5.41) is 0. The van der Waals surface area contributed by atoms with Gasteiger partial charge in [0, 0.05) is 50.6 Å². The monoisotopic (exact) mass is 232 g/mol. The van der Waals surface area contributed by atoms with E-state index in [1.807, 2.05) is 0 Å². The van der Waals surface area contributed by atoms with Crippen LogP contribution in [0.5, 0.6) is 0 Å². The van der Waals surface area contributed by atoms with Crippen LogP contribution in [0.1, 0.15) is 33.6 Å². The molecule has 2 nitrogen and oxygen atoms in total. The van der Waals surface area contributed by atoms with Gasteiger partial charge in [-0.2, -0.15) is 0 Å². The van der Waals surface area contributed by atoms with E-state index in [2.05, 4.69) is 30.6 Å². The van der Waals surface area contributed by atoms with E-state index in [-0.39, 0.29) is 24.4 Å². The Balaban J connectivity index is 2.01. The van der Waals surface area contributed by atoms with Gasteiger partial charge in [-0.25, -0.2) is 8.78 Å². The summed E-state index contributed by atoms with van der Waals surface area (Å²) in [6.45, 7) is 9.77. The first-order valence-corrected chi connectivity index (χ1v) is 6.15. The molecule has 0 N–H and O–H groups in total. The molecule has 2 saturated heterocycles. The predicted octanol–water partition coefficient (Wildman–Crippen LogP) is 2.20. The summed E-state index contributed by atoms with van der Waals surface area (Å²) in [6, 6.07) is 0.0525. The molecule has 16 heavy (non-hydrogen) atoms. The zero-order valence-electron chi connectivity index (χ0n) is 10.5. The SMILES string of the molecule is CC(C)(C)N1CCN2CCC(F)(F)CC2C1. The van der Waals surface area contributed by atoms with Gasteiger partial charge in [0.05, 0.1) is 0 Å². The number of hydrogen-bond donors (Lipinski definition) is 0. The zero-order chi connectivity index (χ0) is 12.0. The highest BCUT2D eigenvalue weighted by atomic mass is 19.3. The molecule has 2 heterocycles. The smallest absolute Gasteiger partial charge is 0.250 e. The second-order valence-corrected chi connectivity index (χ2v) is 6.12. The molecule has 0 aromatic heterocycles. The van der Waals surface area contributed by atoms with Crippen LogP contribution in [-0.2, 0) is 0 Å². The minimum absolute atomic E-state index is 0.0407. The number of halogens is 2. The first kappa shape index (κ1) is 12.2. The van der Waals surface area contributed by atoms with Gasteiger partial charge in [-0.05, 0) is 20.8 Å². The Morgan fingerprint density at radius 3 is 2.44 bits per heavy atom. The molecule has 0 radical (unpaired) electrons. The normalized spacial score (nSPS) is 32.4. The molecule has 0 bridgehead atoms. The van der Waals surface area contributed by atoms with Gasteiger partial charge >= 0.3 is 0 Å². The van der Waals surface area contributed by atoms with Crippen molar-refractivity contribution in [3.63, 3.8) is 0 Å². The summed E-state index contributed by atoms with van der Waals surface area (Å²) in [7, 11) is 0. The summed E-state index contributed by atoms with van der Waals surface area (Å²) in [5.41, 5.74) is 0.0961. The van der Waals surface area contributed by atoms with Crippen molar-refractivity contribution >= 4 is 0 Å². The van der Waals surface area contributed by atoms with Crippen molar-refractivity contribution in [2.75, 3.05) is 26.2 Å². The van der Waals surface area contributed by atoms with E-state index in [0.717, 1.165) is 19.6 Å². The molecule has 94 valence electrons. The van der Waals surface area contributed by atoms with E-state index in [1.54, 1.807) is 0 Å². The van der Waals surface area contributed by atoms with Gasteiger partial charge in [-0.1, -0.05) is 0 Å². The molecule has 2 aliphatic heterocycles. The fourth-order valence-corrected chi connectivity index (χ4v) is 2.74. The highest BCUT2D eigenvalue weighted by Gasteiger charge is 2.43. The Labute approximate surface area is 96.6 Å². The van der Waals surface area contributed by atoms with Crippen LogP contribution < -0.4 is 0 Å². The van der Waals surface area contributed by atoms with Crippen LogP contribution in [0.4, 0.5) is 8.78 Å². The lowest BCUT2D eigenvalue weighted by Gasteiger charge is -2.49. The van der Waals surface area contributed by atoms with Crippen molar-refractivity contribution in [2.45, 2.75) is 51.1 Å². The summed E-state index contributed by atoms with van der Waals surface area (Å²) < 4.78 is 26.7. The van der Waals surface area contributed by atoms with Crippen molar-refractivity contribution in [3.8, 4) is 0 Å². The lowest BCUT2D eigenvalue weighted by atomic mass is 9.93. The van der Waals surface area contributed by atoms with Gasteiger partial charge in [-0.3, -0.25) is 9.80 Å². The van der Waals surface area contributed by atoms with Gasteiger partial charge in [0.2, 0.25) is 0 Å². The maximum atomic E-state index is 13.4. The third-order valence-corrected chi connectivity index (χ3v) is 3.85. The molecule has 1 unspecified atom stereocenters. The van der Waals surface area contributed by atoms with Crippen molar-refractivity contribution in [1.29, 1.82) is 0 Å². The predicted molar refractivity (Wildman–Crippen MR) is 60.9 cm³/mol. The summed E-state index contributed by atoms with van der Waals surface area (Å²) >= 11 is 0. The van der Waals surface area contributed by atoms with Gasteiger partial charge in [0.15, 0.2) is 0 Å². The number of piperidine rings is 1. The van der Waals surface area contributed by atoms with E-state index >= 15 is 0 Å². The summed E-state index contributed by atoms with van der Waals surface area (Å²) in [4.78, 5) is 4.56. The Morgan fingerprint density at radius 1 is 1.12 bits per heavy atom. The van der Waals surface area contributed by atoms with Crippen LogP contribution in [-0.4, -0.2) is 53.5 Å². The largest absolute Gasteiger partial charge is 0.297 e. The van der Waals surface area contributed by atoms with Gasteiger partial charge in [-0.15, -0.1) is 0 Å². The minimum atomic E-state index is -2.44. The Hall–Kier alpha value is -0.220. The number of nitrogens with zero attached hydrogens (tertiary/aromatic N) is 2. The van der Waals surface area contributed by atoms with E-state index in [1.165, 1.54) is 0 Å². The van der Waals surface area contributed by atoms with Crippen LogP contribution in [0.2, 0.25) is 0 Å². The number of hydrogen-bond acceptors (Lipinski definition) is 2. The van der Waals surface area contributed by atoms with Crippen LogP contribution in [0.15, 0.2) is 0 Å². The third-order valence-electron chi connectivity index (χ3n) is 3.85. The highest BCUT2D eigenvalue weighted by molar-refractivity contribution is 4.94. The highest BCUT2D eigenvalue weighted by Crippen LogP contribution is 2.34. The molecule has 0 aromatic rings. The molecule has 0 spiro atoms. The zero-order valence-corrected chi connectivity index (χ0v) is 10.5. The van der Waals surface area contributed by atoms with Gasteiger partial charge < -0.3 is 0 Å². The Morgan fingerprint density at radius 2 is 1.81 bits per heavy atom. The standard InChI is InChI=1S/C12H22F2N2/c1-11(2,3)16-7-6-15-5-4-12(13,14)8-10(15)9-16/h10H,4-9H2,1-3H3. The quantitative estimate of drug-likeness (QED) is 0.632. The second-order valence-electron chi connectivity index (χ2n) is 6.12.